The van der Waals surface area contributed by atoms with Crippen LogP contribution < -0.4 is 15.5 Å². The molecule has 1 saturated heterocycles. The smallest absolute Gasteiger partial charge is 0.206 e. The number of aromatic nitrogens is 7. The molecule has 1 aliphatic heterocycles. The van der Waals surface area contributed by atoms with E-state index in [1.807, 2.05) is 24.3 Å². The lowest BCUT2D eigenvalue weighted by Crippen LogP contribution is -2.52. The van der Waals surface area contributed by atoms with Crippen LogP contribution in [0.15, 0.2) is 55.2 Å². The lowest BCUT2D eigenvalue weighted by molar-refractivity contribution is 0.477. The van der Waals surface area contributed by atoms with Gasteiger partial charge in [0.2, 0.25) is 5.82 Å². The Morgan fingerprint density at radius 1 is 1.17 bits per heavy atom. The highest BCUT2D eigenvalue weighted by molar-refractivity contribution is 5.74. The second-order valence-electron chi connectivity index (χ2n) is 8.14. The molecule has 1 atom stereocenters. The number of nitrogens with two attached hydrogens (primary N) is 1. The molecule has 0 radical (unpaired) electrons. The fourth-order valence-corrected chi connectivity index (χ4v) is 4.07. The van der Waals surface area contributed by atoms with Gasteiger partial charge in [0.05, 0.1) is 11.4 Å². The summed E-state index contributed by atoms with van der Waals surface area (Å²) in [6.45, 7) is 4.74. The topological polar surface area (TPSA) is 135 Å². The van der Waals surface area contributed by atoms with E-state index in [4.69, 9.17) is 5.73 Å². The number of nitrogen functional groups attached to an aromatic ring is 1. The summed E-state index contributed by atoms with van der Waals surface area (Å²) in [5.41, 5.74) is 8.20. The van der Waals surface area contributed by atoms with Gasteiger partial charge in [-0.2, -0.15) is 5.10 Å². The Morgan fingerprint density at radius 3 is 2.86 bits per heavy atom. The van der Waals surface area contributed by atoms with Gasteiger partial charge in [-0.1, -0.05) is 18.1 Å². The average molecular weight is 469 g/mol. The molecule has 4 aromatic rings. The minimum atomic E-state index is 0.129. The van der Waals surface area contributed by atoms with Crippen LogP contribution in [0.4, 0.5) is 17.3 Å². The molecular weight excluding hydrogens is 444 g/mol. The minimum Gasteiger partial charge on any atom is -0.507 e. The van der Waals surface area contributed by atoms with Crippen molar-refractivity contribution in [3.05, 3.63) is 61.1 Å². The number of para-hydroxylation sites is 1. The number of hydrogen-bond donors (Lipinski definition) is 2. The molecule has 1 aliphatic rings. The largest absolute Gasteiger partial charge is 0.507 e. The number of piperazine rings is 1. The van der Waals surface area contributed by atoms with E-state index in [2.05, 4.69) is 58.8 Å². The van der Waals surface area contributed by atoms with Gasteiger partial charge in [0.25, 0.3) is 0 Å². The van der Waals surface area contributed by atoms with Gasteiger partial charge in [0.1, 0.15) is 30.8 Å². The Bertz CT molecular complexity index is 1380. The maximum absolute atomic E-state index is 10.2. The third-order valence-electron chi connectivity index (χ3n) is 5.79. The van der Waals surface area contributed by atoms with E-state index in [0.717, 1.165) is 24.6 Å². The molecule has 0 amide bonds. The molecule has 0 spiro atoms. The summed E-state index contributed by atoms with van der Waals surface area (Å²) in [6.07, 6.45) is 4.81. The number of rotatable bonds is 4. The summed E-state index contributed by atoms with van der Waals surface area (Å²) in [5.74, 6) is 7.81. The Balaban J connectivity index is 1.31. The van der Waals surface area contributed by atoms with Gasteiger partial charge in [-0.3, -0.25) is 0 Å². The zero-order chi connectivity index (χ0) is 24.2. The fourth-order valence-electron chi connectivity index (χ4n) is 4.07. The van der Waals surface area contributed by atoms with Crippen LogP contribution in [0.5, 0.6) is 5.75 Å². The van der Waals surface area contributed by atoms with E-state index in [1.54, 1.807) is 29.3 Å². The number of benzene rings is 1. The predicted octanol–water partition coefficient (Wildman–Crippen LogP) is 1.58. The highest BCUT2D eigenvalue weighted by Crippen LogP contribution is 2.33. The molecule has 35 heavy (non-hydrogen) atoms. The first kappa shape index (κ1) is 22.1. The highest BCUT2D eigenvalue weighted by atomic mass is 16.3. The van der Waals surface area contributed by atoms with E-state index in [9.17, 15) is 5.11 Å². The summed E-state index contributed by atoms with van der Waals surface area (Å²) in [5, 5.41) is 22.6. The first-order valence-electron chi connectivity index (χ1n) is 11.2. The lowest BCUT2D eigenvalue weighted by Gasteiger charge is -2.41. The highest BCUT2D eigenvalue weighted by Gasteiger charge is 2.27. The molecule has 4 heterocycles. The molecule has 11 heteroatoms. The Kier molecular flexibility index (Phi) is 6.09. The minimum absolute atomic E-state index is 0.129. The average Bonchev–Trinajstić information content (AvgIpc) is 3.39. The fraction of sp³-hybridized carbons (Fsp3) is 0.250. The van der Waals surface area contributed by atoms with Crippen molar-refractivity contribution in [2.75, 3.05) is 35.2 Å². The number of anilines is 3. The molecule has 1 fully saturated rings. The molecule has 0 unspecified atom stereocenters. The molecule has 0 saturated carbocycles. The van der Waals surface area contributed by atoms with Crippen molar-refractivity contribution in [3.8, 4) is 28.8 Å². The molecule has 3 N–H and O–H groups in total. The van der Waals surface area contributed by atoms with Crippen molar-refractivity contribution in [3.63, 3.8) is 0 Å². The standard InChI is InChI=1S/C24H24N10O/c1-17-14-32(23-8-9-27-22(29-23)7-4-10-33-16-26-15-28-33)11-12-34(17)20-13-19(30-31-24(20)25)18-5-2-3-6-21(18)35/h2-3,5-6,8-9,13,15-17,35H,10-12,14H2,1H3,(H2,25,31)/t17-/m0/s1. The van der Waals surface area contributed by atoms with Gasteiger partial charge >= 0.3 is 0 Å². The van der Waals surface area contributed by atoms with Crippen LogP contribution in [0.1, 0.15) is 12.7 Å². The molecule has 3 aromatic heterocycles. The van der Waals surface area contributed by atoms with Crippen LogP contribution in [-0.2, 0) is 6.54 Å². The SMILES string of the molecule is C[C@H]1CN(c2ccnc(C#CCn3cncn3)n2)CCN1c1cc(-c2ccccc2O)nnc1N. The van der Waals surface area contributed by atoms with E-state index in [0.29, 0.717) is 36.0 Å². The Labute approximate surface area is 202 Å². The third kappa shape index (κ3) is 4.81. The molecule has 0 bridgehead atoms. The lowest BCUT2D eigenvalue weighted by atomic mass is 10.1. The van der Waals surface area contributed by atoms with E-state index < -0.39 is 0 Å². The molecule has 1 aromatic carbocycles. The summed E-state index contributed by atoms with van der Waals surface area (Å²) in [6, 6.07) is 11.0. The first-order chi connectivity index (χ1) is 17.1. The van der Waals surface area contributed by atoms with Crippen molar-refractivity contribution in [2.24, 2.45) is 0 Å². The second kappa shape index (κ2) is 9.64. The van der Waals surface area contributed by atoms with Gasteiger partial charge in [0.15, 0.2) is 5.82 Å². The normalized spacial score (nSPS) is 15.5. The van der Waals surface area contributed by atoms with Gasteiger partial charge in [-0.15, -0.1) is 10.2 Å². The molecule has 176 valence electrons. The van der Waals surface area contributed by atoms with E-state index >= 15 is 0 Å². The second-order valence-corrected chi connectivity index (χ2v) is 8.14. The first-order valence-corrected chi connectivity index (χ1v) is 11.2. The van der Waals surface area contributed by atoms with Crippen molar-refractivity contribution in [2.45, 2.75) is 19.5 Å². The third-order valence-corrected chi connectivity index (χ3v) is 5.79. The van der Waals surface area contributed by atoms with Crippen molar-refractivity contribution in [1.82, 2.24) is 34.9 Å². The monoisotopic (exact) mass is 468 g/mol. The maximum atomic E-state index is 10.2. The summed E-state index contributed by atoms with van der Waals surface area (Å²) in [4.78, 5) is 17.2. The zero-order valence-corrected chi connectivity index (χ0v) is 19.2. The quantitative estimate of drug-likeness (QED) is 0.425. The van der Waals surface area contributed by atoms with Gasteiger partial charge in [0, 0.05) is 37.4 Å². The van der Waals surface area contributed by atoms with Crippen LogP contribution >= 0.6 is 0 Å². The maximum Gasteiger partial charge on any atom is 0.206 e. The number of nitrogens with zero attached hydrogens (tertiary/aromatic N) is 9. The molecule has 11 nitrogen and oxygen atoms in total. The van der Waals surface area contributed by atoms with Crippen LogP contribution in [0.3, 0.4) is 0 Å². The number of phenolic OH excluding ortho intramolecular Hbond substituents is 1. The van der Waals surface area contributed by atoms with Crippen molar-refractivity contribution < 1.29 is 5.11 Å². The summed E-state index contributed by atoms with van der Waals surface area (Å²) < 4.78 is 1.64. The van der Waals surface area contributed by atoms with E-state index in [1.165, 1.54) is 6.33 Å². The number of aromatic hydroxyl groups is 1. The van der Waals surface area contributed by atoms with Crippen LogP contribution in [0, 0.1) is 11.8 Å². The Hall–Kier alpha value is -4.72. The Morgan fingerprint density at radius 2 is 2.06 bits per heavy atom. The van der Waals surface area contributed by atoms with Crippen molar-refractivity contribution >= 4 is 17.3 Å². The van der Waals surface area contributed by atoms with Gasteiger partial charge in [-0.25, -0.2) is 19.6 Å². The van der Waals surface area contributed by atoms with Crippen molar-refractivity contribution in [1.29, 1.82) is 0 Å². The van der Waals surface area contributed by atoms with Crippen LogP contribution in [-0.4, -0.2) is 65.7 Å². The van der Waals surface area contributed by atoms with Crippen LogP contribution in [0.2, 0.25) is 0 Å². The predicted molar refractivity (Wildman–Crippen MR) is 131 cm³/mol. The van der Waals surface area contributed by atoms with Gasteiger partial charge in [-0.05, 0) is 37.1 Å². The number of hydrogen-bond acceptors (Lipinski definition) is 10. The number of phenols is 1. The summed E-state index contributed by atoms with van der Waals surface area (Å²) >= 11 is 0. The van der Waals surface area contributed by atoms with Crippen LogP contribution in [0.25, 0.3) is 11.3 Å². The molecular formula is C24H24N10O. The molecule has 5 rings (SSSR count). The van der Waals surface area contributed by atoms with Gasteiger partial charge < -0.3 is 20.6 Å². The summed E-state index contributed by atoms with van der Waals surface area (Å²) in [7, 11) is 0. The zero-order valence-electron chi connectivity index (χ0n) is 19.2. The molecule has 0 aliphatic carbocycles. The van der Waals surface area contributed by atoms with E-state index in [-0.39, 0.29) is 11.8 Å².